The molecule has 388 valence electrons. The molecule has 0 aliphatic carbocycles. The number of carbonyl (C=O) groups is 4. The normalized spacial score (nSPS) is 33.8. The van der Waals surface area contributed by atoms with Gasteiger partial charge in [-0.05, 0) is 114 Å². The molecule has 4 saturated heterocycles. The second-order valence-corrected chi connectivity index (χ2v) is 28.8. The van der Waals surface area contributed by atoms with E-state index >= 15 is 0 Å². The maximum absolute atomic E-state index is 12.6. The van der Waals surface area contributed by atoms with Gasteiger partial charge in [0.2, 0.25) is 23.6 Å². The van der Waals surface area contributed by atoms with Crippen molar-refractivity contribution in [2.75, 3.05) is 24.7 Å². The number of carbonyl (C=O) groups excluding carboxylic acids is 4. The molecule has 68 heavy (non-hydrogen) atoms. The highest BCUT2D eigenvalue weighted by atomic mass is 32.2. The van der Waals surface area contributed by atoms with Crippen molar-refractivity contribution in [1.29, 1.82) is 0 Å². The molecule has 8 unspecified atom stereocenters. The van der Waals surface area contributed by atoms with Crippen LogP contribution in [0.25, 0.3) is 0 Å². The Morgan fingerprint density at radius 1 is 0.529 bits per heavy atom. The van der Waals surface area contributed by atoms with Crippen molar-refractivity contribution in [3.63, 3.8) is 0 Å². The van der Waals surface area contributed by atoms with Crippen LogP contribution in [-0.4, -0.2) is 59.9 Å². The highest BCUT2D eigenvalue weighted by Crippen LogP contribution is 2.61. The molecule has 0 aromatic heterocycles. The Bertz CT molecular complexity index is 1810. The Morgan fingerprint density at radius 2 is 1.03 bits per heavy atom. The summed E-state index contributed by atoms with van der Waals surface area (Å²) in [5.41, 5.74) is 1.23. The molecule has 0 spiro atoms. The summed E-state index contributed by atoms with van der Waals surface area (Å²) in [7, 11) is 0. The molecule has 8 aliphatic heterocycles. The lowest BCUT2D eigenvalue weighted by Crippen LogP contribution is -2.51. The van der Waals surface area contributed by atoms with E-state index in [1.807, 2.05) is 23.5 Å². The van der Waals surface area contributed by atoms with Crippen LogP contribution in [0.15, 0.2) is 22.1 Å². The van der Waals surface area contributed by atoms with Crippen molar-refractivity contribution in [3.05, 3.63) is 22.1 Å². The minimum Gasteiger partial charge on any atom is -0.479 e. The quantitative estimate of drug-likeness (QED) is 0.219. The zero-order valence-electron chi connectivity index (χ0n) is 46.4. The maximum Gasteiger partial charge on any atom is 0.237 e. The van der Waals surface area contributed by atoms with Crippen LogP contribution in [-0.2, 0) is 28.7 Å². The van der Waals surface area contributed by atoms with Gasteiger partial charge in [-0.25, -0.2) is 0 Å². The molecule has 8 heterocycles. The zero-order chi connectivity index (χ0) is 51.4. The first-order valence-corrected chi connectivity index (χ1v) is 28.5. The van der Waals surface area contributed by atoms with Gasteiger partial charge in [0.25, 0.3) is 0 Å². The standard InChI is InChI=1S/C14H25NO2.C14H23NO2.C14H25NOS.C14H23NOS/c4*1-9(2)14(13(3,4)5)10-7-6-8-17-11(10)15-12(14)16/h9-11H,6-8H2,1-5H3,(H,15,16);9H,6-8H2,1-5H3,(H,15,16);9-11H,6-8H2,1-5H3,(H,15,16);9H,6-8H2,1-5H3,(H,15,16). The van der Waals surface area contributed by atoms with Crippen LogP contribution in [0.3, 0.4) is 0 Å². The molecular formula is C56H96N4O6S2. The van der Waals surface area contributed by atoms with E-state index < -0.39 is 5.41 Å². The highest BCUT2D eigenvalue weighted by Gasteiger charge is 2.65. The van der Waals surface area contributed by atoms with Crippen molar-refractivity contribution in [1.82, 2.24) is 21.3 Å². The highest BCUT2D eigenvalue weighted by molar-refractivity contribution is 8.03. The molecule has 0 bridgehead atoms. The van der Waals surface area contributed by atoms with E-state index in [0.29, 0.717) is 40.9 Å². The minimum atomic E-state index is -0.414. The van der Waals surface area contributed by atoms with E-state index in [9.17, 15) is 19.2 Å². The molecule has 10 nitrogen and oxygen atoms in total. The van der Waals surface area contributed by atoms with E-state index in [0.717, 1.165) is 62.0 Å². The average molecular weight is 986 g/mol. The lowest BCUT2D eigenvalue weighted by Gasteiger charge is -2.48. The largest absolute Gasteiger partial charge is 0.479 e. The first-order chi connectivity index (χ1) is 31.3. The summed E-state index contributed by atoms with van der Waals surface area (Å²) in [6, 6.07) is 0. The molecule has 0 saturated carbocycles. The molecule has 4 N–H and O–H groups in total. The van der Waals surface area contributed by atoms with Gasteiger partial charge < -0.3 is 25.4 Å². The third kappa shape index (κ3) is 9.16. The Balaban J connectivity index is 0.000000169. The number of nitrogens with one attached hydrogen (secondary N) is 4. The van der Waals surface area contributed by atoms with Gasteiger partial charge in [-0.1, -0.05) is 138 Å². The number of rotatable bonds is 4. The summed E-state index contributed by atoms with van der Waals surface area (Å²) in [4.78, 5) is 50.3. The topological polar surface area (TPSA) is 135 Å². The second kappa shape index (κ2) is 20.4. The molecule has 8 rings (SSSR count). The second-order valence-electron chi connectivity index (χ2n) is 26.4. The average Bonchev–Trinajstić information content (AvgIpc) is 3.90. The summed E-state index contributed by atoms with van der Waals surface area (Å²) >= 11 is 3.76. The summed E-state index contributed by atoms with van der Waals surface area (Å²) < 4.78 is 11.4. The van der Waals surface area contributed by atoms with E-state index in [4.69, 9.17) is 9.47 Å². The fraction of sp³-hybridized carbons (Fsp3) is 0.857. The third-order valence-electron chi connectivity index (χ3n) is 17.8. The molecule has 0 radical (unpaired) electrons. The van der Waals surface area contributed by atoms with Gasteiger partial charge >= 0.3 is 0 Å². The third-order valence-corrected chi connectivity index (χ3v) is 20.3. The Labute approximate surface area is 422 Å². The van der Waals surface area contributed by atoms with Crippen molar-refractivity contribution in [2.24, 2.45) is 78.8 Å². The van der Waals surface area contributed by atoms with Crippen molar-refractivity contribution >= 4 is 47.2 Å². The Kier molecular flexibility index (Phi) is 17.0. The van der Waals surface area contributed by atoms with Gasteiger partial charge in [0.15, 0.2) is 5.88 Å². The Morgan fingerprint density at radius 3 is 1.56 bits per heavy atom. The smallest absolute Gasteiger partial charge is 0.237 e. The monoisotopic (exact) mass is 985 g/mol. The molecule has 12 heteroatoms. The van der Waals surface area contributed by atoms with Crippen LogP contribution in [0.5, 0.6) is 0 Å². The Hall–Kier alpha value is -2.18. The van der Waals surface area contributed by atoms with Crippen LogP contribution in [0, 0.1) is 78.8 Å². The van der Waals surface area contributed by atoms with Crippen LogP contribution < -0.4 is 21.3 Å². The first kappa shape index (κ1) is 56.7. The molecule has 8 atom stereocenters. The van der Waals surface area contributed by atoms with E-state index in [-0.39, 0.29) is 67.8 Å². The van der Waals surface area contributed by atoms with Crippen molar-refractivity contribution in [3.8, 4) is 0 Å². The van der Waals surface area contributed by atoms with Crippen molar-refractivity contribution in [2.45, 2.75) is 201 Å². The summed E-state index contributed by atoms with van der Waals surface area (Å²) in [6.07, 6.45) is 8.83. The van der Waals surface area contributed by atoms with Gasteiger partial charge in [-0.15, -0.1) is 23.5 Å². The van der Waals surface area contributed by atoms with Crippen LogP contribution in [0.4, 0.5) is 0 Å². The lowest BCUT2D eigenvalue weighted by molar-refractivity contribution is -0.143. The van der Waals surface area contributed by atoms with Gasteiger partial charge in [-0.3, -0.25) is 24.5 Å². The SMILES string of the molecule is CC(C)C1(C(C)(C)C)C(=O)NC2=C1CCCO2.CC(C)C1(C(C)(C)C)C(=O)NC2=C1CCCS2.CC(C)C1(C(C)(C)C)C(=O)NC2OCCCC21.CC(C)C1(C(C)(C)C)C(=O)NC2SCCCC21. The number of hydrogen-bond acceptors (Lipinski definition) is 8. The summed E-state index contributed by atoms with van der Waals surface area (Å²) in [5.74, 6) is 6.08. The summed E-state index contributed by atoms with van der Waals surface area (Å²) in [6.45, 7) is 45.2. The predicted octanol–water partition coefficient (Wildman–Crippen LogP) is 12.2. The van der Waals surface area contributed by atoms with E-state index in [1.165, 1.54) is 36.2 Å². The maximum atomic E-state index is 12.6. The molecule has 4 fully saturated rings. The van der Waals surface area contributed by atoms with Crippen LogP contribution in [0.1, 0.15) is 190 Å². The molecular weight excluding hydrogens is 889 g/mol. The van der Waals surface area contributed by atoms with Gasteiger partial charge in [0, 0.05) is 24.0 Å². The van der Waals surface area contributed by atoms with Crippen LogP contribution in [0.2, 0.25) is 0 Å². The lowest BCUT2D eigenvalue weighted by atomic mass is 9.54. The minimum absolute atomic E-state index is 0.0275. The van der Waals surface area contributed by atoms with Gasteiger partial charge in [0.05, 0.1) is 38.7 Å². The first-order valence-electron chi connectivity index (χ1n) is 26.5. The number of amides is 4. The van der Waals surface area contributed by atoms with Crippen LogP contribution >= 0.6 is 23.5 Å². The van der Waals surface area contributed by atoms with E-state index in [1.54, 1.807) is 0 Å². The molecule has 0 aromatic carbocycles. The zero-order valence-corrected chi connectivity index (χ0v) is 48.0. The summed E-state index contributed by atoms with van der Waals surface area (Å²) in [5, 5.41) is 13.9. The molecule has 0 aromatic rings. The number of fused-ring (bicyclic) bond motifs is 2. The van der Waals surface area contributed by atoms with Gasteiger partial charge in [0.1, 0.15) is 6.23 Å². The fourth-order valence-electron chi connectivity index (χ4n) is 16.0. The van der Waals surface area contributed by atoms with E-state index in [2.05, 4.69) is 160 Å². The number of ether oxygens (including phenoxy) is 2. The molecule has 8 aliphatic rings. The fourth-order valence-corrected chi connectivity index (χ4v) is 18.4. The number of hydrogen-bond donors (Lipinski definition) is 4. The van der Waals surface area contributed by atoms with Crippen molar-refractivity contribution < 1.29 is 28.7 Å². The number of thioether (sulfide) groups is 2. The molecule has 4 amide bonds. The predicted molar refractivity (Wildman–Crippen MR) is 282 cm³/mol. The van der Waals surface area contributed by atoms with Gasteiger partial charge in [-0.2, -0.15) is 0 Å².